The lowest BCUT2D eigenvalue weighted by Gasteiger charge is -2.05. The van der Waals surface area contributed by atoms with E-state index >= 15 is 0 Å². The van der Waals surface area contributed by atoms with Crippen LogP contribution in [-0.2, 0) is 6.42 Å². The van der Waals surface area contributed by atoms with Crippen LogP contribution in [0.3, 0.4) is 0 Å². The number of anilines is 1. The first-order chi connectivity index (χ1) is 7.79. The molecule has 0 fully saturated rings. The third kappa shape index (κ3) is 2.37. The number of hydrogen-bond acceptors (Lipinski definition) is 3. The summed E-state index contributed by atoms with van der Waals surface area (Å²) in [6, 6.07) is 10.2. The van der Waals surface area contributed by atoms with Gasteiger partial charge in [-0.3, -0.25) is 0 Å². The van der Waals surface area contributed by atoms with Gasteiger partial charge < -0.3 is 5.32 Å². The van der Waals surface area contributed by atoms with Gasteiger partial charge in [0, 0.05) is 19.7 Å². The Balaban J connectivity index is 2.24. The van der Waals surface area contributed by atoms with Crippen molar-refractivity contribution in [2.45, 2.75) is 13.3 Å². The molecule has 3 nitrogen and oxygen atoms in total. The molecule has 0 spiro atoms. The smallest absolute Gasteiger partial charge is 0.135 e. The van der Waals surface area contributed by atoms with E-state index in [9.17, 15) is 0 Å². The van der Waals surface area contributed by atoms with Gasteiger partial charge in [-0.05, 0) is 24.1 Å². The van der Waals surface area contributed by atoms with E-state index in [4.69, 9.17) is 0 Å². The molecule has 1 heterocycles. The van der Waals surface area contributed by atoms with Gasteiger partial charge in [0.1, 0.15) is 11.6 Å². The predicted octanol–water partition coefficient (Wildman–Crippen LogP) is 2.42. The zero-order valence-electron chi connectivity index (χ0n) is 9.57. The largest absolute Gasteiger partial charge is 0.373 e. The van der Waals surface area contributed by atoms with Crippen LogP contribution in [0.25, 0.3) is 0 Å². The van der Waals surface area contributed by atoms with Gasteiger partial charge in [-0.25, -0.2) is 9.97 Å². The van der Waals surface area contributed by atoms with Crippen LogP contribution in [-0.4, -0.2) is 17.0 Å². The predicted molar refractivity (Wildman–Crippen MR) is 65.6 cm³/mol. The summed E-state index contributed by atoms with van der Waals surface area (Å²) in [5.41, 5.74) is 2.55. The molecule has 0 saturated carbocycles. The molecule has 0 radical (unpaired) electrons. The van der Waals surface area contributed by atoms with Crippen molar-refractivity contribution in [2.24, 2.45) is 0 Å². The molecule has 2 aromatic rings. The molecular weight excluding hydrogens is 198 g/mol. The molecule has 0 aliphatic rings. The summed E-state index contributed by atoms with van der Waals surface area (Å²) in [7, 11) is 1.86. The van der Waals surface area contributed by atoms with E-state index in [1.54, 1.807) is 6.20 Å². The molecule has 1 aromatic heterocycles. The third-order valence-electron chi connectivity index (χ3n) is 2.57. The summed E-state index contributed by atoms with van der Waals surface area (Å²) < 4.78 is 0. The van der Waals surface area contributed by atoms with Crippen LogP contribution in [0, 0.1) is 6.92 Å². The molecule has 0 unspecified atom stereocenters. The van der Waals surface area contributed by atoms with Gasteiger partial charge in [-0.2, -0.15) is 0 Å². The van der Waals surface area contributed by atoms with Crippen molar-refractivity contribution in [3.8, 4) is 0 Å². The molecule has 0 aliphatic carbocycles. The van der Waals surface area contributed by atoms with Gasteiger partial charge >= 0.3 is 0 Å². The molecule has 2 rings (SSSR count). The van der Waals surface area contributed by atoms with E-state index in [2.05, 4.69) is 34.3 Å². The molecule has 1 aromatic carbocycles. The zero-order chi connectivity index (χ0) is 11.4. The minimum atomic E-state index is 0.780. The van der Waals surface area contributed by atoms with Gasteiger partial charge in [0.25, 0.3) is 0 Å². The van der Waals surface area contributed by atoms with E-state index in [-0.39, 0.29) is 0 Å². The summed E-state index contributed by atoms with van der Waals surface area (Å²) in [5.74, 6) is 1.71. The van der Waals surface area contributed by atoms with Gasteiger partial charge in [-0.1, -0.05) is 24.3 Å². The van der Waals surface area contributed by atoms with E-state index < -0.39 is 0 Å². The minimum absolute atomic E-state index is 0.780. The monoisotopic (exact) mass is 213 g/mol. The van der Waals surface area contributed by atoms with Gasteiger partial charge in [-0.15, -0.1) is 0 Å². The van der Waals surface area contributed by atoms with Crippen molar-refractivity contribution in [3.05, 3.63) is 53.5 Å². The van der Waals surface area contributed by atoms with Crippen LogP contribution in [0.2, 0.25) is 0 Å². The number of nitrogens with one attached hydrogen (secondary N) is 1. The molecule has 16 heavy (non-hydrogen) atoms. The average Bonchev–Trinajstić information content (AvgIpc) is 2.32. The highest BCUT2D eigenvalue weighted by Crippen LogP contribution is 2.11. The van der Waals surface area contributed by atoms with Crippen molar-refractivity contribution < 1.29 is 0 Å². The van der Waals surface area contributed by atoms with E-state index in [1.807, 2.05) is 25.2 Å². The Morgan fingerprint density at radius 1 is 1.19 bits per heavy atom. The number of hydrogen-bond donors (Lipinski definition) is 1. The molecule has 0 aliphatic heterocycles. The number of nitrogens with zero attached hydrogens (tertiary/aromatic N) is 2. The lowest BCUT2D eigenvalue weighted by Crippen LogP contribution is -2.01. The van der Waals surface area contributed by atoms with Crippen molar-refractivity contribution in [3.63, 3.8) is 0 Å². The number of aryl methyl sites for hydroxylation is 1. The zero-order valence-corrected chi connectivity index (χ0v) is 9.57. The Bertz CT molecular complexity index is 480. The highest BCUT2D eigenvalue weighted by Gasteiger charge is 2.02. The summed E-state index contributed by atoms with van der Waals surface area (Å²) in [6.07, 6.45) is 2.56. The molecule has 82 valence electrons. The van der Waals surface area contributed by atoms with Crippen LogP contribution in [0.15, 0.2) is 36.5 Å². The van der Waals surface area contributed by atoms with Crippen molar-refractivity contribution in [1.29, 1.82) is 0 Å². The van der Waals surface area contributed by atoms with Crippen LogP contribution in [0.4, 0.5) is 5.82 Å². The highest BCUT2D eigenvalue weighted by molar-refractivity contribution is 5.34. The first-order valence-corrected chi connectivity index (χ1v) is 5.34. The van der Waals surface area contributed by atoms with Gasteiger partial charge in [0.2, 0.25) is 0 Å². The number of benzene rings is 1. The third-order valence-corrected chi connectivity index (χ3v) is 2.57. The fraction of sp³-hybridized carbons (Fsp3) is 0.231. The Hall–Kier alpha value is -1.90. The van der Waals surface area contributed by atoms with E-state index in [1.165, 1.54) is 11.1 Å². The SMILES string of the molecule is CNc1ccnc(Cc2ccccc2C)n1. The van der Waals surface area contributed by atoms with Crippen LogP contribution in [0.1, 0.15) is 17.0 Å². The Morgan fingerprint density at radius 3 is 2.75 bits per heavy atom. The molecule has 0 bridgehead atoms. The molecule has 0 amide bonds. The second kappa shape index (κ2) is 4.75. The highest BCUT2D eigenvalue weighted by atomic mass is 15.0. The first kappa shape index (κ1) is 10.6. The minimum Gasteiger partial charge on any atom is -0.373 e. The normalized spacial score (nSPS) is 10.1. The lowest BCUT2D eigenvalue weighted by atomic mass is 10.1. The lowest BCUT2D eigenvalue weighted by molar-refractivity contribution is 0.962. The summed E-state index contributed by atoms with van der Waals surface area (Å²) in [4.78, 5) is 8.68. The topological polar surface area (TPSA) is 37.8 Å². The van der Waals surface area contributed by atoms with Crippen molar-refractivity contribution >= 4 is 5.82 Å². The fourth-order valence-corrected chi connectivity index (χ4v) is 1.60. The van der Waals surface area contributed by atoms with E-state index in [0.29, 0.717) is 0 Å². The molecule has 1 N–H and O–H groups in total. The van der Waals surface area contributed by atoms with Crippen LogP contribution < -0.4 is 5.32 Å². The summed E-state index contributed by atoms with van der Waals surface area (Å²) in [6.45, 7) is 2.11. The Kier molecular flexibility index (Phi) is 3.15. The molecule has 3 heteroatoms. The fourth-order valence-electron chi connectivity index (χ4n) is 1.60. The maximum atomic E-state index is 4.41. The molecule has 0 atom stereocenters. The van der Waals surface area contributed by atoms with Gasteiger partial charge in [0.05, 0.1) is 0 Å². The maximum Gasteiger partial charge on any atom is 0.135 e. The number of aromatic nitrogens is 2. The quantitative estimate of drug-likeness (QED) is 0.850. The average molecular weight is 213 g/mol. The standard InChI is InChI=1S/C13H15N3/c1-10-5-3-4-6-11(10)9-13-15-8-7-12(14-2)16-13/h3-8H,9H2,1-2H3,(H,14,15,16). The maximum absolute atomic E-state index is 4.41. The molecule has 0 saturated heterocycles. The second-order valence-corrected chi connectivity index (χ2v) is 3.71. The molecular formula is C13H15N3. The number of rotatable bonds is 3. The second-order valence-electron chi connectivity index (χ2n) is 3.71. The Labute approximate surface area is 95.6 Å². The first-order valence-electron chi connectivity index (χ1n) is 5.34. The van der Waals surface area contributed by atoms with E-state index in [0.717, 1.165) is 18.1 Å². The van der Waals surface area contributed by atoms with Gasteiger partial charge in [0.15, 0.2) is 0 Å². The van der Waals surface area contributed by atoms with Crippen molar-refractivity contribution in [1.82, 2.24) is 9.97 Å². The summed E-state index contributed by atoms with van der Waals surface area (Å²) in [5, 5.41) is 3.02. The summed E-state index contributed by atoms with van der Waals surface area (Å²) >= 11 is 0. The van der Waals surface area contributed by atoms with Crippen LogP contribution >= 0.6 is 0 Å². The Morgan fingerprint density at radius 2 is 2.00 bits per heavy atom. The van der Waals surface area contributed by atoms with Crippen LogP contribution in [0.5, 0.6) is 0 Å². The van der Waals surface area contributed by atoms with Crippen molar-refractivity contribution in [2.75, 3.05) is 12.4 Å².